The van der Waals surface area contributed by atoms with E-state index in [1.54, 1.807) is 6.08 Å². The van der Waals surface area contributed by atoms with Crippen molar-refractivity contribution in [3.63, 3.8) is 0 Å². The van der Waals surface area contributed by atoms with Gasteiger partial charge in [-0.25, -0.2) is 0 Å². The highest BCUT2D eigenvalue weighted by atomic mass is 14.8. The van der Waals surface area contributed by atoms with Crippen LogP contribution in [-0.2, 0) is 0 Å². The van der Waals surface area contributed by atoms with Gasteiger partial charge < -0.3 is 5.32 Å². The van der Waals surface area contributed by atoms with Crippen molar-refractivity contribution >= 4 is 0 Å². The number of allylic oxidation sites excluding steroid dienone is 1. The first kappa shape index (κ1) is 22.9. The van der Waals surface area contributed by atoms with Crippen LogP contribution in [-0.4, -0.2) is 13.1 Å². The fourth-order valence-electron chi connectivity index (χ4n) is 0.246. The summed E-state index contributed by atoms with van der Waals surface area (Å²) in [5.74, 6) is 0. The van der Waals surface area contributed by atoms with E-state index in [4.69, 9.17) is 0 Å². The summed E-state index contributed by atoms with van der Waals surface area (Å²) in [6, 6.07) is 0. The number of hydrogen-bond donors (Lipinski definition) is 1. The van der Waals surface area contributed by atoms with Crippen LogP contribution in [0.2, 0.25) is 0 Å². The van der Waals surface area contributed by atoms with Crippen molar-refractivity contribution in [2.45, 2.75) is 41.5 Å². The molecule has 0 aliphatic heterocycles. The third kappa shape index (κ3) is 171. The van der Waals surface area contributed by atoms with Gasteiger partial charge in [-0.2, -0.15) is 0 Å². The molecule has 0 rings (SSSR count). The Hall–Kier alpha value is -0.560. The highest BCUT2D eigenvalue weighted by Crippen LogP contribution is 1.55. The van der Waals surface area contributed by atoms with Gasteiger partial charge in [0.2, 0.25) is 0 Å². The van der Waals surface area contributed by atoms with Gasteiger partial charge in [-0.3, -0.25) is 0 Å². The number of likely N-dealkylation sites (N-methyl/N-ethyl adjacent to an activating group) is 1. The third-order valence-electron chi connectivity index (χ3n) is 0.539. The molecule has 1 N–H and O–H groups in total. The van der Waals surface area contributed by atoms with Crippen LogP contribution in [0.4, 0.5) is 0 Å². The average Bonchev–Trinajstić information content (AvgIpc) is 2.22. The van der Waals surface area contributed by atoms with E-state index in [1.807, 2.05) is 40.7 Å². The minimum atomic E-state index is 0.927. The van der Waals surface area contributed by atoms with Crippen molar-refractivity contribution in [2.24, 2.45) is 0 Å². The predicted octanol–water partition coefficient (Wildman–Crippen LogP) is 4.03. The Balaban J connectivity index is -0.0000000493. The predicted molar refractivity (Wildman–Crippen MR) is 67.3 cm³/mol. The van der Waals surface area contributed by atoms with Gasteiger partial charge in [0.15, 0.2) is 0 Å². The molecule has 0 aromatic heterocycles. The molecule has 0 aliphatic rings. The molecule has 0 atom stereocenters. The molecular weight excluding hydrogens is 158 g/mol. The molecule has 0 saturated carbocycles. The van der Waals surface area contributed by atoms with E-state index in [9.17, 15) is 0 Å². The van der Waals surface area contributed by atoms with Crippen LogP contribution in [0, 0.1) is 0 Å². The van der Waals surface area contributed by atoms with E-state index < -0.39 is 0 Å². The highest BCUT2D eigenvalue weighted by Gasteiger charge is 1.66. The fraction of sp³-hybridized carbons (Fsp3) is 0.667. The van der Waals surface area contributed by atoms with Crippen LogP contribution >= 0.6 is 0 Å². The van der Waals surface area contributed by atoms with E-state index in [2.05, 4.69) is 25.4 Å². The van der Waals surface area contributed by atoms with Crippen LogP contribution in [0.3, 0.4) is 0 Å². The second kappa shape index (κ2) is 63.3. The van der Waals surface area contributed by atoms with Gasteiger partial charge in [0.1, 0.15) is 0 Å². The summed E-state index contributed by atoms with van der Waals surface area (Å²) in [5, 5.41) is 3.08. The third-order valence-corrected chi connectivity index (χ3v) is 0.539. The molecule has 1 heteroatoms. The normalized spacial score (nSPS) is 5.69. The zero-order valence-electron chi connectivity index (χ0n) is 10.5. The van der Waals surface area contributed by atoms with Crippen molar-refractivity contribution in [3.8, 4) is 0 Å². The lowest BCUT2D eigenvalue weighted by atomic mass is 10.6. The largest absolute Gasteiger partial charge is 0.314 e. The number of nitrogens with one attached hydrogen (secondary N) is 1. The van der Waals surface area contributed by atoms with Crippen LogP contribution in [0.15, 0.2) is 25.3 Å². The SMILES string of the molecule is C=CC.C=CCNCC.CC.CC. The molecule has 0 spiro atoms. The topological polar surface area (TPSA) is 12.0 Å². The molecule has 0 bridgehead atoms. The van der Waals surface area contributed by atoms with Crippen LogP contribution in [0.1, 0.15) is 41.5 Å². The molecule has 0 aromatic carbocycles. The van der Waals surface area contributed by atoms with Crippen LogP contribution in [0.5, 0.6) is 0 Å². The Bertz CT molecular complexity index is 58.1. The van der Waals surface area contributed by atoms with Gasteiger partial charge in [-0.15, -0.1) is 13.2 Å². The molecular formula is C12H29N. The lowest BCUT2D eigenvalue weighted by molar-refractivity contribution is 0.800. The summed E-state index contributed by atoms with van der Waals surface area (Å²) in [6.45, 7) is 20.8. The fourth-order valence-corrected chi connectivity index (χ4v) is 0.246. The van der Waals surface area contributed by atoms with Gasteiger partial charge >= 0.3 is 0 Å². The standard InChI is InChI=1S/C5H11N.C3H6.2C2H6/c1-3-5-6-4-2;1-3-2;2*1-2/h3,6H,1,4-5H2,2H3;3H,1H2,2H3;2*1-2H3. The van der Waals surface area contributed by atoms with Crippen LogP contribution < -0.4 is 5.32 Å². The molecule has 0 saturated heterocycles. The van der Waals surface area contributed by atoms with Gasteiger partial charge in [-0.05, 0) is 13.5 Å². The molecule has 13 heavy (non-hydrogen) atoms. The minimum Gasteiger partial charge on any atom is -0.314 e. The summed E-state index contributed by atoms with van der Waals surface area (Å²) in [6.07, 6.45) is 3.60. The first-order valence-electron chi connectivity index (χ1n) is 5.22. The van der Waals surface area contributed by atoms with Crippen molar-refractivity contribution in [1.29, 1.82) is 0 Å². The number of hydrogen-bond acceptors (Lipinski definition) is 1. The highest BCUT2D eigenvalue weighted by molar-refractivity contribution is 4.68. The summed E-state index contributed by atoms with van der Waals surface area (Å²) < 4.78 is 0. The summed E-state index contributed by atoms with van der Waals surface area (Å²) in [7, 11) is 0. The Kier molecular flexibility index (Phi) is 111. The zero-order chi connectivity index (χ0) is 11.5. The maximum Gasteiger partial charge on any atom is 0.0132 e. The van der Waals surface area contributed by atoms with E-state index in [0.717, 1.165) is 13.1 Å². The molecule has 0 fully saturated rings. The quantitative estimate of drug-likeness (QED) is 0.519. The second-order valence-electron chi connectivity index (χ2n) is 1.50. The molecule has 0 aliphatic carbocycles. The Morgan fingerprint density at radius 1 is 1.08 bits per heavy atom. The molecule has 0 unspecified atom stereocenters. The number of rotatable bonds is 3. The van der Waals surface area contributed by atoms with Crippen LogP contribution in [0.25, 0.3) is 0 Å². The summed E-state index contributed by atoms with van der Waals surface area (Å²) in [5.41, 5.74) is 0. The lowest BCUT2D eigenvalue weighted by Crippen LogP contribution is -2.10. The maximum atomic E-state index is 3.54. The molecule has 0 amide bonds. The van der Waals surface area contributed by atoms with Gasteiger partial charge in [-0.1, -0.05) is 46.8 Å². The van der Waals surface area contributed by atoms with Crippen molar-refractivity contribution < 1.29 is 0 Å². The average molecular weight is 187 g/mol. The molecule has 0 aromatic rings. The Labute approximate surface area is 85.9 Å². The van der Waals surface area contributed by atoms with Crippen molar-refractivity contribution in [2.75, 3.05) is 13.1 Å². The van der Waals surface area contributed by atoms with Gasteiger partial charge in [0.25, 0.3) is 0 Å². The van der Waals surface area contributed by atoms with E-state index in [-0.39, 0.29) is 0 Å². The van der Waals surface area contributed by atoms with E-state index in [1.165, 1.54) is 0 Å². The van der Waals surface area contributed by atoms with Crippen molar-refractivity contribution in [3.05, 3.63) is 25.3 Å². The first-order valence-corrected chi connectivity index (χ1v) is 5.22. The molecule has 0 radical (unpaired) electrons. The first-order chi connectivity index (χ1) is 6.33. The zero-order valence-corrected chi connectivity index (χ0v) is 10.5. The molecule has 1 nitrogen and oxygen atoms in total. The van der Waals surface area contributed by atoms with E-state index in [0.29, 0.717) is 0 Å². The van der Waals surface area contributed by atoms with Gasteiger partial charge in [0, 0.05) is 6.54 Å². The molecule has 0 heterocycles. The maximum absolute atomic E-state index is 3.54. The minimum absolute atomic E-state index is 0.927. The summed E-state index contributed by atoms with van der Waals surface area (Å²) >= 11 is 0. The molecule has 82 valence electrons. The Morgan fingerprint density at radius 3 is 1.46 bits per heavy atom. The lowest BCUT2D eigenvalue weighted by Gasteiger charge is -1.88. The monoisotopic (exact) mass is 187 g/mol. The smallest absolute Gasteiger partial charge is 0.0132 e. The van der Waals surface area contributed by atoms with Gasteiger partial charge in [0.05, 0.1) is 0 Å². The van der Waals surface area contributed by atoms with Crippen molar-refractivity contribution in [1.82, 2.24) is 5.32 Å². The summed E-state index contributed by atoms with van der Waals surface area (Å²) in [4.78, 5) is 0. The Morgan fingerprint density at radius 2 is 1.38 bits per heavy atom. The second-order valence-corrected chi connectivity index (χ2v) is 1.50. The van der Waals surface area contributed by atoms with E-state index >= 15 is 0 Å².